The minimum Gasteiger partial charge on any atom is -0.360 e. The number of carbonyl (C=O) groups is 2. The Labute approximate surface area is 138 Å². The number of anilines is 1. The van der Waals surface area contributed by atoms with Crippen molar-refractivity contribution in [2.75, 3.05) is 11.4 Å². The number of Topliss-reactive ketones (excluding diaryl/α,β-unsaturated/α-hetero) is 1. The van der Waals surface area contributed by atoms with Gasteiger partial charge in [0.05, 0.1) is 5.56 Å². The third-order valence-corrected chi connectivity index (χ3v) is 3.86. The Bertz CT molecular complexity index is 884. The van der Waals surface area contributed by atoms with Crippen molar-refractivity contribution in [1.29, 1.82) is 0 Å². The van der Waals surface area contributed by atoms with Gasteiger partial charge in [0.2, 0.25) is 0 Å². The van der Waals surface area contributed by atoms with Gasteiger partial charge in [0.1, 0.15) is 5.82 Å². The summed E-state index contributed by atoms with van der Waals surface area (Å²) in [6.45, 7) is 2.30. The molecule has 122 valence electrons. The summed E-state index contributed by atoms with van der Waals surface area (Å²) in [4.78, 5) is 29.8. The van der Waals surface area contributed by atoms with Crippen molar-refractivity contribution in [3.05, 3.63) is 66.1 Å². The molecule has 1 aromatic heterocycles. The highest BCUT2D eigenvalue weighted by Gasteiger charge is 2.26. The van der Waals surface area contributed by atoms with Crippen LogP contribution in [0.5, 0.6) is 0 Å². The minimum atomic E-state index is -0.617. The van der Waals surface area contributed by atoms with E-state index in [9.17, 15) is 14.0 Å². The first-order valence-electron chi connectivity index (χ1n) is 7.79. The number of fused-ring (bicyclic) bond motifs is 1. The lowest BCUT2D eigenvalue weighted by molar-refractivity contribution is -0.114. The Balaban J connectivity index is 1.95. The molecule has 0 saturated carbocycles. The maximum Gasteiger partial charge on any atom is 0.299 e. The molecule has 0 fully saturated rings. The predicted molar refractivity (Wildman–Crippen MR) is 91.7 cm³/mol. The van der Waals surface area contributed by atoms with Crippen LogP contribution in [-0.2, 0) is 4.79 Å². The number of H-pyrrole nitrogens is 1. The molecule has 3 aromatic rings. The second-order valence-electron chi connectivity index (χ2n) is 5.51. The molecule has 0 aliphatic heterocycles. The molecule has 3 rings (SSSR count). The number of aromatic nitrogens is 1. The molecule has 5 heteroatoms. The molecule has 0 saturated heterocycles. The van der Waals surface area contributed by atoms with Crippen LogP contribution in [-0.4, -0.2) is 23.2 Å². The van der Waals surface area contributed by atoms with Crippen molar-refractivity contribution >= 4 is 28.3 Å². The Morgan fingerprint density at radius 3 is 2.50 bits per heavy atom. The lowest BCUT2D eigenvalue weighted by atomic mass is 10.1. The lowest BCUT2D eigenvalue weighted by Crippen LogP contribution is -2.37. The van der Waals surface area contributed by atoms with Crippen LogP contribution in [0.4, 0.5) is 10.1 Å². The standard InChI is InChI=1S/C19H17FN2O2/c1-2-11-22(14-9-7-13(20)8-10-14)19(24)18(23)16-12-21-17-6-4-3-5-15(16)17/h3-10,12,21H,2,11H2,1H3. The number of rotatable bonds is 5. The van der Waals surface area contributed by atoms with Crippen LogP contribution in [0.3, 0.4) is 0 Å². The first kappa shape index (κ1) is 15.9. The van der Waals surface area contributed by atoms with Gasteiger partial charge >= 0.3 is 0 Å². The molecule has 0 aliphatic rings. The Morgan fingerprint density at radius 1 is 1.08 bits per heavy atom. The second-order valence-corrected chi connectivity index (χ2v) is 5.51. The molecule has 2 aromatic carbocycles. The van der Waals surface area contributed by atoms with Crippen LogP contribution in [0.1, 0.15) is 23.7 Å². The molecule has 4 nitrogen and oxygen atoms in total. The van der Waals surface area contributed by atoms with Crippen LogP contribution in [0.15, 0.2) is 54.7 Å². The van der Waals surface area contributed by atoms with E-state index in [1.807, 2.05) is 25.1 Å². The van der Waals surface area contributed by atoms with Crippen molar-refractivity contribution in [1.82, 2.24) is 4.98 Å². The van der Waals surface area contributed by atoms with Crippen LogP contribution >= 0.6 is 0 Å². The van der Waals surface area contributed by atoms with Gasteiger partial charge in [-0.3, -0.25) is 9.59 Å². The van der Waals surface area contributed by atoms with Gasteiger partial charge in [-0.15, -0.1) is 0 Å². The summed E-state index contributed by atoms with van der Waals surface area (Å²) in [5, 5.41) is 0.714. The number of para-hydroxylation sites is 1. The summed E-state index contributed by atoms with van der Waals surface area (Å²) in [5.41, 5.74) is 1.66. The van der Waals surface area contributed by atoms with E-state index in [0.29, 0.717) is 29.6 Å². The summed E-state index contributed by atoms with van der Waals surface area (Å²) < 4.78 is 13.1. The van der Waals surface area contributed by atoms with E-state index in [1.54, 1.807) is 12.3 Å². The van der Waals surface area contributed by atoms with Crippen LogP contribution in [0.25, 0.3) is 10.9 Å². The molecule has 1 heterocycles. The summed E-state index contributed by atoms with van der Waals surface area (Å²) in [5.74, 6) is -1.58. The number of nitrogens with zero attached hydrogens (tertiary/aromatic N) is 1. The number of benzene rings is 2. The number of hydrogen-bond acceptors (Lipinski definition) is 2. The van der Waals surface area contributed by atoms with Crippen LogP contribution in [0, 0.1) is 5.82 Å². The normalized spacial score (nSPS) is 10.8. The molecule has 0 radical (unpaired) electrons. The molecule has 0 aliphatic carbocycles. The van der Waals surface area contributed by atoms with E-state index in [2.05, 4.69) is 4.98 Å². The number of amides is 1. The first-order chi connectivity index (χ1) is 11.6. The number of halogens is 1. The number of ketones is 1. The zero-order chi connectivity index (χ0) is 17.1. The fraction of sp³-hybridized carbons (Fsp3) is 0.158. The smallest absolute Gasteiger partial charge is 0.299 e. The zero-order valence-corrected chi connectivity index (χ0v) is 13.3. The van der Waals surface area contributed by atoms with Gasteiger partial charge in [0, 0.05) is 29.3 Å². The Morgan fingerprint density at radius 2 is 1.79 bits per heavy atom. The van der Waals surface area contributed by atoms with Crippen LogP contribution < -0.4 is 4.90 Å². The maximum absolute atomic E-state index is 13.1. The van der Waals surface area contributed by atoms with Crippen molar-refractivity contribution in [2.45, 2.75) is 13.3 Å². The SMILES string of the molecule is CCCN(C(=O)C(=O)c1c[nH]c2ccccc12)c1ccc(F)cc1. The molecule has 0 atom stereocenters. The fourth-order valence-corrected chi connectivity index (χ4v) is 2.69. The highest BCUT2D eigenvalue weighted by atomic mass is 19.1. The van der Waals surface area contributed by atoms with Gasteiger partial charge in [-0.25, -0.2) is 4.39 Å². The number of hydrogen-bond donors (Lipinski definition) is 1. The van der Waals surface area contributed by atoms with E-state index < -0.39 is 11.7 Å². The van der Waals surface area contributed by atoms with Crippen molar-refractivity contribution in [3.8, 4) is 0 Å². The molecule has 1 N–H and O–H groups in total. The second kappa shape index (κ2) is 6.66. The third-order valence-electron chi connectivity index (χ3n) is 3.86. The average Bonchev–Trinajstić information content (AvgIpc) is 3.03. The fourth-order valence-electron chi connectivity index (χ4n) is 2.69. The largest absolute Gasteiger partial charge is 0.360 e. The van der Waals surface area contributed by atoms with Crippen molar-refractivity contribution < 1.29 is 14.0 Å². The van der Waals surface area contributed by atoms with E-state index in [-0.39, 0.29) is 5.82 Å². The molecular weight excluding hydrogens is 307 g/mol. The number of aromatic amines is 1. The topological polar surface area (TPSA) is 53.2 Å². The Kier molecular flexibility index (Phi) is 4.42. The summed E-state index contributed by atoms with van der Waals surface area (Å²) in [6, 6.07) is 12.9. The maximum atomic E-state index is 13.1. The van der Waals surface area contributed by atoms with Gasteiger partial charge in [0.25, 0.3) is 11.7 Å². The van der Waals surface area contributed by atoms with Crippen molar-refractivity contribution in [2.24, 2.45) is 0 Å². The number of carbonyl (C=O) groups excluding carboxylic acids is 2. The van der Waals surface area contributed by atoms with Gasteiger partial charge < -0.3 is 9.88 Å². The molecule has 0 unspecified atom stereocenters. The minimum absolute atomic E-state index is 0.346. The molecular formula is C19H17FN2O2. The summed E-state index contributed by atoms with van der Waals surface area (Å²) >= 11 is 0. The highest BCUT2D eigenvalue weighted by Crippen LogP contribution is 2.21. The quantitative estimate of drug-likeness (QED) is 0.571. The Hall–Kier alpha value is -2.95. The van der Waals surface area contributed by atoms with Gasteiger partial charge in [-0.05, 0) is 36.8 Å². The predicted octanol–water partition coefficient (Wildman–Crippen LogP) is 3.93. The summed E-state index contributed by atoms with van der Waals surface area (Å²) in [7, 11) is 0. The van der Waals surface area contributed by atoms with Gasteiger partial charge in [-0.1, -0.05) is 25.1 Å². The average molecular weight is 324 g/mol. The van der Waals surface area contributed by atoms with E-state index >= 15 is 0 Å². The van der Waals surface area contributed by atoms with Crippen molar-refractivity contribution in [3.63, 3.8) is 0 Å². The molecule has 24 heavy (non-hydrogen) atoms. The highest BCUT2D eigenvalue weighted by molar-refractivity contribution is 6.48. The first-order valence-corrected chi connectivity index (χ1v) is 7.79. The number of nitrogens with one attached hydrogen (secondary N) is 1. The third kappa shape index (κ3) is 2.93. The lowest BCUT2D eigenvalue weighted by Gasteiger charge is -2.21. The van der Waals surface area contributed by atoms with Crippen LogP contribution in [0.2, 0.25) is 0 Å². The van der Waals surface area contributed by atoms with E-state index in [1.165, 1.54) is 29.2 Å². The summed E-state index contributed by atoms with van der Waals surface area (Å²) in [6.07, 6.45) is 2.24. The monoisotopic (exact) mass is 324 g/mol. The zero-order valence-electron chi connectivity index (χ0n) is 13.3. The van der Waals surface area contributed by atoms with Gasteiger partial charge in [-0.2, -0.15) is 0 Å². The molecule has 0 spiro atoms. The van der Waals surface area contributed by atoms with Gasteiger partial charge in [0.15, 0.2) is 0 Å². The molecule has 1 amide bonds. The van der Waals surface area contributed by atoms with E-state index in [4.69, 9.17) is 0 Å². The van der Waals surface area contributed by atoms with E-state index in [0.717, 1.165) is 5.52 Å². The molecule has 0 bridgehead atoms.